The summed E-state index contributed by atoms with van der Waals surface area (Å²) in [6, 6.07) is 3.31. The molecule has 0 bridgehead atoms. The molecule has 134 valence electrons. The first-order chi connectivity index (χ1) is 11.9. The minimum atomic E-state index is -0.487. The molecule has 7 nitrogen and oxygen atoms in total. The van der Waals surface area contributed by atoms with E-state index in [-0.39, 0.29) is 17.9 Å². The molecular weight excluding hydrogens is 320 g/mol. The number of aryl methyl sites for hydroxylation is 1. The Hall–Kier alpha value is -2.57. The molecule has 3 rings (SSSR count). The van der Waals surface area contributed by atoms with Gasteiger partial charge in [0.15, 0.2) is 0 Å². The summed E-state index contributed by atoms with van der Waals surface area (Å²) in [5.41, 5.74) is 2.43. The van der Waals surface area contributed by atoms with Crippen LogP contribution in [0.4, 0.5) is 5.69 Å². The van der Waals surface area contributed by atoms with Gasteiger partial charge in [0.25, 0.3) is 0 Å². The normalized spacial score (nSPS) is 17.6. The second-order valence-corrected chi connectivity index (χ2v) is 6.73. The number of nitrogens with one attached hydrogen (secondary N) is 1. The molecule has 0 aliphatic carbocycles. The molecule has 1 atom stereocenters. The average molecular weight is 344 g/mol. The molecule has 1 fully saturated rings. The first-order valence-electron chi connectivity index (χ1n) is 8.57. The number of carbonyl (C=O) groups excluding carboxylic acids is 2. The number of amides is 2. The fourth-order valence-corrected chi connectivity index (χ4v) is 3.33. The Morgan fingerprint density at radius 3 is 2.80 bits per heavy atom. The minimum absolute atomic E-state index is 0.0251. The zero-order valence-electron chi connectivity index (χ0n) is 15.1. The van der Waals surface area contributed by atoms with E-state index in [0.29, 0.717) is 25.1 Å². The average Bonchev–Trinajstić information content (AvgIpc) is 3.25. The van der Waals surface area contributed by atoms with E-state index < -0.39 is 6.04 Å². The van der Waals surface area contributed by atoms with Crippen LogP contribution in [0.2, 0.25) is 0 Å². The van der Waals surface area contributed by atoms with Gasteiger partial charge in [-0.25, -0.2) is 0 Å². The lowest BCUT2D eigenvalue weighted by molar-refractivity contribution is -0.134. The Labute approximate surface area is 147 Å². The lowest BCUT2D eigenvalue weighted by Gasteiger charge is -2.23. The Morgan fingerprint density at radius 2 is 2.20 bits per heavy atom. The van der Waals surface area contributed by atoms with Crippen LogP contribution >= 0.6 is 0 Å². The van der Waals surface area contributed by atoms with E-state index in [9.17, 15) is 9.59 Å². The van der Waals surface area contributed by atoms with E-state index in [0.717, 1.165) is 17.1 Å². The molecule has 1 unspecified atom stereocenters. The van der Waals surface area contributed by atoms with Crippen LogP contribution in [0, 0.1) is 13.8 Å². The van der Waals surface area contributed by atoms with Crippen molar-refractivity contribution in [2.45, 2.75) is 59.2 Å². The van der Waals surface area contributed by atoms with Crippen molar-refractivity contribution >= 4 is 17.5 Å². The summed E-state index contributed by atoms with van der Waals surface area (Å²) in [6.07, 6.45) is 2.46. The zero-order valence-corrected chi connectivity index (χ0v) is 15.1. The van der Waals surface area contributed by atoms with Crippen molar-refractivity contribution in [3.63, 3.8) is 0 Å². The van der Waals surface area contributed by atoms with Gasteiger partial charge in [-0.2, -0.15) is 5.10 Å². The van der Waals surface area contributed by atoms with Crippen molar-refractivity contribution in [2.75, 3.05) is 5.32 Å². The Kier molecular flexibility index (Phi) is 4.65. The van der Waals surface area contributed by atoms with Gasteiger partial charge >= 0.3 is 0 Å². The number of nitrogens with zero attached hydrogens (tertiary/aromatic N) is 3. The second-order valence-electron chi connectivity index (χ2n) is 6.73. The van der Waals surface area contributed by atoms with Gasteiger partial charge in [0.05, 0.1) is 29.9 Å². The third-order valence-corrected chi connectivity index (χ3v) is 4.60. The summed E-state index contributed by atoms with van der Waals surface area (Å²) in [5.74, 6) is 0.475. The number of hydrogen-bond acceptors (Lipinski definition) is 4. The van der Waals surface area contributed by atoms with Gasteiger partial charge in [0, 0.05) is 12.5 Å². The predicted molar refractivity (Wildman–Crippen MR) is 93.0 cm³/mol. The maximum atomic E-state index is 12.8. The molecule has 3 heterocycles. The highest BCUT2D eigenvalue weighted by atomic mass is 16.3. The highest BCUT2D eigenvalue weighted by Crippen LogP contribution is 2.26. The number of hydrogen-bond donors (Lipinski definition) is 1. The topological polar surface area (TPSA) is 80.4 Å². The maximum absolute atomic E-state index is 12.8. The lowest BCUT2D eigenvalue weighted by atomic mass is 10.2. The first kappa shape index (κ1) is 17.3. The van der Waals surface area contributed by atoms with Crippen LogP contribution in [0.5, 0.6) is 0 Å². The maximum Gasteiger partial charge on any atom is 0.247 e. The third kappa shape index (κ3) is 3.31. The molecule has 0 aromatic carbocycles. The third-order valence-electron chi connectivity index (χ3n) is 4.60. The van der Waals surface area contributed by atoms with Crippen molar-refractivity contribution < 1.29 is 14.0 Å². The Bertz CT molecular complexity index is 777. The van der Waals surface area contributed by atoms with Crippen LogP contribution in [-0.2, 0) is 16.1 Å². The van der Waals surface area contributed by atoms with E-state index in [4.69, 9.17) is 4.42 Å². The quantitative estimate of drug-likeness (QED) is 0.904. The molecule has 1 aliphatic rings. The van der Waals surface area contributed by atoms with E-state index in [1.54, 1.807) is 17.2 Å². The van der Waals surface area contributed by atoms with Gasteiger partial charge in [-0.05, 0) is 46.2 Å². The second kappa shape index (κ2) is 6.74. The smallest absolute Gasteiger partial charge is 0.247 e. The van der Waals surface area contributed by atoms with Crippen LogP contribution in [0.3, 0.4) is 0 Å². The van der Waals surface area contributed by atoms with Gasteiger partial charge in [-0.15, -0.1) is 0 Å². The number of anilines is 1. The molecule has 0 spiro atoms. The standard InChI is InChI=1S/C18H24N4O3/c1-11(2)22-13(4)17(12(3)20-22)19-18(24)15-7-8-16(23)21(15)10-14-6-5-9-25-14/h5-6,9,11,15H,7-8,10H2,1-4H3,(H,19,24). The SMILES string of the molecule is Cc1nn(C(C)C)c(C)c1NC(=O)C1CCC(=O)N1Cc1ccco1. The highest BCUT2D eigenvalue weighted by Gasteiger charge is 2.37. The number of furan rings is 1. The van der Waals surface area contributed by atoms with Gasteiger partial charge in [-0.3, -0.25) is 14.3 Å². The molecular formula is C18H24N4O3. The van der Waals surface area contributed by atoms with Crippen LogP contribution in [0.25, 0.3) is 0 Å². The molecule has 25 heavy (non-hydrogen) atoms. The zero-order chi connectivity index (χ0) is 18.1. The lowest BCUT2D eigenvalue weighted by Crippen LogP contribution is -2.41. The fraction of sp³-hybridized carbons (Fsp3) is 0.500. The van der Waals surface area contributed by atoms with Crippen molar-refractivity contribution in [3.05, 3.63) is 35.5 Å². The molecule has 1 aliphatic heterocycles. The van der Waals surface area contributed by atoms with E-state index in [1.165, 1.54) is 0 Å². The van der Waals surface area contributed by atoms with Crippen LogP contribution in [-0.4, -0.2) is 32.5 Å². The van der Waals surface area contributed by atoms with Gasteiger partial charge in [0.2, 0.25) is 11.8 Å². The Morgan fingerprint density at radius 1 is 1.44 bits per heavy atom. The predicted octanol–water partition coefficient (Wildman–Crippen LogP) is 2.80. The molecule has 2 aromatic heterocycles. The van der Waals surface area contributed by atoms with Gasteiger partial charge in [0.1, 0.15) is 11.8 Å². The monoisotopic (exact) mass is 344 g/mol. The number of likely N-dealkylation sites (tertiary alicyclic amines) is 1. The number of rotatable bonds is 5. The first-order valence-corrected chi connectivity index (χ1v) is 8.57. The summed E-state index contributed by atoms with van der Waals surface area (Å²) in [6.45, 7) is 8.22. The van der Waals surface area contributed by atoms with Crippen LogP contribution in [0.15, 0.2) is 22.8 Å². The van der Waals surface area contributed by atoms with Crippen LogP contribution in [0.1, 0.15) is 49.9 Å². The van der Waals surface area contributed by atoms with Crippen molar-refractivity contribution in [1.82, 2.24) is 14.7 Å². The number of carbonyl (C=O) groups is 2. The van der Waals surface area contributed by atoms with Crippen molar-refractivity contribution in [3.8, 4) is 0 Å². The summed E-state index contributed by atoms with van der Waals surface area (Å²) in [7, 11) is 0. The molecule has 0 radical (unpaired) electrons. The van der Waals surface area contributed by atoms with E-state index in [1.807, 2.05) is 38.4 Å². The molecule has 2 aromatic rings. The molecule has 7 heteroatoms. The molecule has 1 N–H and O–H groups in total. The molecule has 0 saturated carbocycles. The van der Waals surface area contributed by atoms with Crippen LogP contribution < -0.4 is 5.32 Å². The minimum Gasteiger partial charge on any atom is -0.467 e. The molecule has 1 saturated heterocycles. The van der Waals surface area contributed by atoms with Crippen molar-refractivity contribution in [2.24, 2.45) is 0 Å². The number of aromatic nitrogens is 2. The van der Waals surface area contributed by atoms with E-state index >= 15 is 0 Å². The summed E-state index contributed by atoms with van der Waals surface area (Å²) in [5, 5.41) is 7.47. The summed E-state index contributed by atoms with van der Waals surface area (Å²) < 4.78 is 7.21. The highest BCUT2D eigenvalue weighted by molar-refractivity contribution is 5.99. The van der Waals surface area contributed by atoms with Crippen molar-refractivity contribution in [1.29, 1.82) is 0 Å². The largest absolute Gasteiger partial charge is 0.467 e. The van der Waals surface area contributed by atoms with Gasteiger partial charge < -0.3 is 14.6 Å². The van der Waals surface area contributed by atoms with E-state index in [2.05, 4.69) is 10.4 Å². The summed E-state index contributed by atoms with van der Waals surface area (Å²) >= 11 is 0. The fourth-order valence-electron chi connectivity index (χ4n) is 3.33. The Balaban J connectivity index is 1.77. The molecule has 2 amide bonds. The summed E-state index contributed by atoms with van der Waals surface area (Å²) in [4.78, 5) is 26.6. The van der Waals surface area contributed by atoms with Gasteiger partial charge in [-0.1, -0.05) is 0 Å².